The van der Waals surface area contributed by atoms with Crippen molar-refractivity contribution >= 4 is 11.7 Å². The number of carbonyl (C=O) groups is 2. The Balaban J connectivity index is 2.59. The number of hydrogen-bond donors (Lipinski definition) is 1. The maximum atomic E-state index is 12.6. The minimum Gasteiger partial charge on any atom is -0.355 e. The fourth-order valence-electron chi connectivity index (χ4n) is 3.32. The zero-order valence-electron chi connectivity index (χ0n) is 15.1. The summed E-state index contributed by atoms with van der Waals surface area (Å²) in [5.74, 6) is 0.102. The van der Waals surface area contributed by atoms with Gasteiger partial charge in [-0.3, -0.25) is 9.59 Å². The fraction of sp³-hybridized carbons (Fsp3) is 0.889. The van der Waals surface area contributed by atoms with Crippen LogP contribution in [0.2, 0.25) is 0 Å². The predicted molar refractivity (Wildman–Crippen MR) is 90.7 cm³/mol. The topological polar surface area (TPSA) is 49.4 Å². The van der Waals surface area contributed by atoms with Crippen LogP contribution in [0.4, 0.5) is 0 Å². The van der Waals surface area contributed by atoms with Crippen LogP contribution in [0.15, 0.2) is 0 Å². The average molecular weight is 310 g/mol. The molecule has 1 aliphatic carbocycles. The van der Waals surface area contributed by atoms with Gasteiger partial charge in [0.2, 0.25) is 5.91 Å². The Morgan fingerprint density at radius 2 is 1.59 bits per heavy atom. The monoisotopic (exact) mass is 310 g/mol. The van der Waals surface area contributed by atoms with E-state index in [0.29, 0.717) is 6.54 Å². The van der Waals surface area contributed by atoms with E-state index in [0.717, 1.165) is 45.3 Å². The first-order valence-corrected chi connectivity index (χ1v) is 8.85. The molecule has 0 aromatic rings. The van der Waals surface area contributed by atoms with E-state index in [1.165, 1.54) is 0 Å². The SMILES string of the molecule is CCN(CC)CCNC(=O)[C@@H]1CCCC[C@@H]1C(=O)C(C)(C)C. The summed E-state index contributed by atoms with van der Waals surface area (Å²) >= 11 is 0. The smallest absolute Gasteiger partial charge is 0.223 e. The van der Waals surface area contributed by atoms with Gasteiger partial charge in [-0.05, 0) is 25.9 Å². The van der Waals surface area contributed by atoms with E-state index < -0.39 is 0 Å². The van der Waals surface area contributed by atoms with Crippen molar-refractivity contribution < 1.29 is 9.59 Å². The molecule has 22 heavy (non-hydrogen) atoms. The summed E-state index contributed by atoms with van der Waals surface area (Å²) in [5, 5.41) is 3.05. The molecular weight excluding hydrogens is 276 g/mol. The van der Waals surface area contributed by atoms with E-state index in [2.05, 4.69) is 24.1 Å². The average Bonchev–Trinajstić information content (AvgIpc) is 2.49. The van der Waals surface area contributed by atoms with E-state index in [-0.39, 0.29) is 28.9 Å². The molecule has 1 aliphatic rings. The van der Waals surface area contributed by atoms with Gasteiger partial charge >= 0.3 is 0 Å². The summed E-state index contributed by atoms with van der Waals surface area (Å²) in [6.07, 6.45) is 3.84. The molecule has 0 aromatic heterocycles. The summed E-state index contributed by atoms with van der Waals surface area (Å²) in [4.78, 5) is 27.4. The number of nitrogens with zero attached hydrogens (tertiary/aromatic N) is 1. The molecule has 1 fully saturated rings. The maximum absolute atomic E-state index is 12.6. The van der Waals surface area contributed by atoms with E-state index in [1.807, 2.05) is 20.8 Å². The number of likely N-dealkylation sites (N-methyl/N-ethyl adjacent to an activating group) is 1. The quantitative estimate of drug-likeness (QED) is 0.786. The van der Waals surface area contributed by atoms with Gasteiger partial charge in [-0.1, -0.05) is 47.5 Å². The third-order valence-electron chi connectivity index (χ3n) is 4.80. The third-order valence-corrected chi connectivity index (χ3v) is 4.80. The highest BCUT2D eigenvalue weighted by Gasteiger charge is 2.39. The van der Waals surface area contributed by atoms with Crippen LogP contribution in [0.1, 0.15) is 60.3 Å². The second-order valence-corrected chi connectivity index (χ2v) is 7.43. The first-order valence-electron chi connectivity index (χ1n) is 8.85. The van der Waals surface area contributed by atoms with Crippen LogP contribution >= 0.6 is 0 Å². The zero-order chi connectivity index (χ0) is 16.8. The van der Waals surface area contributed by atoms with Gasteiger partial charge in [0.25, 0.3) is 0 Å². The van der Waals surface area contributed by atoms with Crippen molar-refractivity contribution in [1.82, 2.24) is 10.2 Å². The Hall–Kier alpha value is -0.900. The molecule has 4 heteroatoms. The first-order chi connectivity index (χ1) is 10.3. The molecule has 0 aromatic carbocycles. The number of hydrogen-bond acceptors (Lipinski definition) is 3. The normalized spacial score (nSPS) is 22.6. The van der Waals surface area contributed by atoms with Crippen molar-refractivity contribution in [3.8, 4) is 0 Å². The number of nitrogens with one attached hydrogen (secondary N) is 1. The molecule has 0 aliphatic heterocycles. The van der Waals surface area contributed by atoms with Gasteiger partial charge in [-0.2, -0.15) is 0 Å². The van der Waals surface area contributed by atoms with Crippen LogP contribution in [-0.2, 0) is 9.59 Å². The summed E-state index contributed by atoms with van der Waals surface area (Å²) in [6, 6.07) is 0. The molecule has 4 nitrogen and oxygen atoms in total. The Kier molecular flexibility index (Phi) is 7.54. The molecule has 0 unspecified atom stereocenters. The minimum absolute atomic E-state index is 0.0782. The minimum atomic E-state index is -0.359. The standard InChI is InChI=1S/C18H34N2O2/c1-6-20(7-2)13-12-19-17(22)15-11-9-8-10-14(15)16(21)18(3,4)5/h14-15H,6-13H2,1-5H3,(H,19,22)/t14-,15+/m0/s1. The van der Waals surface area contributed by atoms with E-state index >= 15 is 0 Å². The lowest BCUT2D eigenvalue weighted by molar-refractivity contribution is -0.139. The van der Waals surface area contributed by atoms with Gasteiger partial charge in [-0.25, -0.2) is 0 Å². The molecule has 0 heterocycles. The lowest BCUT2D eigenvalue weighted by Crippen LogP contribution is -2.44. The van der Waals surface area contributed by atoms with Crippen LogP contribution in [0.25, 0.3) is 0 Å². The molecular formula is C18H34N2O2. The maximum Gasteiger partial charge on any atom is 0.223 e. The highest BCUT2D eigenvalue weighted by Crippen LogP contribution is 2.35. The molecule has 2 atom stereocenters. The van der Waals surface area contributed by atoms with Crippen molar-refractivity contribution in [3.63, 3.8) is 0 Å². The van der Waals surface area contributed by atoms with Crippen LogP contribution in [0.5, 0.6) is 0 Å². The molecule has 0 bridgehead atoms. The number of Topliss-reactive ketones (excluding diaryl/α,β-unsaturated/α-hetero) is 1. The van der Waals surface area contributed by atoms with Crippen molar-refractivity contribution in [1.29, 1.82) is 0 Å². The van der Waals surface area contributed by atoms with Gasteiger partial charge in [0, 0.05) is 30.3 Å². The first kappa shape index (κ1) is 19.1. The lowest BCUT2D eigenvalue weighted by Gasteiger charge is -2.33. The van der Waals surface area contributed by atoms with Crippen LogP contribution in [0.3, 0.4) is 0 Å². The van der Waals surface area contributed by atoms with Gasteiger partial charge in [0.1, 0.15) is 5.78 Å². The molecule has 1 N–H and O–H groups in total. The summed E-state index contributed by atoms with van der Waals surface area (Å²) in [7, 11) is 0. The van der Waals surface area contributed by atoms with Crippen LogP contribution in [0, 0.1) is 17.3 Å². The fourth-order valence-corrected chi connectivity index (χ4v) is 3.32. The van der Waals surface area contributed by atoms with Crippen molar-refractivity contribution in [3.05, 3.63) is 0 Å². The Morgan fingerprint density at radius 3 is 2.09 bits per heavy atom. The molecule has 0 saturated heterocycles. The molecule has 128 valence electrons. The summed E-state index contributed by atoms with van der Waals surface area (Å²) < 4.78 is 0. The molecule has 0 spiro atoms. The third kappa shape index (κ3) is 5.38. The number of amides is 1. The highest BCUT2D eigenvalue weighted by molar-refractivity contribution is 5.91. The number of ketones is 1. The van der Waals surface area contributed by atoms with E-state index in [4.69, 9.17) is 0 Å². The Labute approximate surface area is 136 Å². The zero-order valence-corrected chi connectivity index (χ0v) is 15.1. The molecule has 1 rings (SSSR count). The van der Waals surface area contributed by atoms with Crippen LogP contribution < -0.4 is 5.32 Å². The second-order valence-electron chi connectivity index (χ2n) is 7.43. The van der Waals surface area contributed by atoms with E-state index in [9.17, 15) is 9.59 Å². The van der Waals surface area contributed by atoms with Gasteiger partial charge in [-0.15, -0.1) is 0 Å². The number of rotatable bonds is 7. The summed E-state index contributed by atoms with van der Waals surface area (Å²) in [5.41, 5.74) is -0.359. The van der Waals surface area contributed by atoms with Crippen molar-refractivity contribution in [2.24, 2.45) is 17.3 Å². The molecule has 1 saturated carbocycles. The lowest BCUT2D eigenvalue weighted by atomic mass is 9.70. The summed E-state index contributed by atoms with van der Waals surface area (Å²) in [6.45, 7) is 13.7. The van der Waals surface area contributed by atoms with Gasteiger partial charge in [0.05, 0.1) is 0 Å². The second kappa shape index (κ2) is 8.66. The van der Waals surface area contributed by atoms with Gasteiger partial charge in [0.15, 0.2) is 0 Å². The number of carbonyl (C=O) groups excluding carboxylic acids is 2. The molecule has 0 radical (unpaired) electrons. The molecule has 1 amide bonds. The largest absolute Gasteiger partial charge is 0.355 e. The Morgan fingerprint density at radius 1 is 1.05 bits per heavy atom. The van der Waals surface area contributed by atoms with E-state index in [1.54, 1.807) is 0 Å². The Bertz CT molecular complexity index is 370. The van der Waals surface area contributed by atoms with Crippen molar-refractivity contribution in [2.75, 3.05) is 26.2 Å². The van der Waals surface area contributed by atoms with Crippen LogP contribution in [-0.4, -0.2) is 42.8 Å². The van der Waals surface area contributed by atoms with Crippen molar-refractivity contribution in [2.45, 2.75) is 60.3 Å². The van der Waals surface area contributed by atoms with Gasteiger partial charge < -0.3 is 10.2 Å². The highest BCUT2D eigenvalue weighted by atomic mass is 16.2. The predicted octanol–water partition coefficient (Wildman–Crippen LogP) is 2.87.